The summed E-state index contributed by atoms with van der Waals surface area (Å²) >= 11 is 0. The lowest BCUT2D eigenvalue weighted by atomic mass is 10.1. The van der Waals surface area contributed by atoms with Gasteiger partial charge >= 0.3 is 0 Å². The Balaban J connectivity index is 2.57. The van der Waals surface area contributed by atoms with Crippen LogP contribution in [-0.2, 0) is 0 Å². The zero-order chi connectivity index (χ0) is 12.4. The quantitative estimate of drug-likeness (QED) is 0.730. The fraction of sp³-hybridized carbons (Fsp3) is 0.0833. The molecule has 0 fully saturated rings. The van der Waals surface area contributed by atoms with Crippen LogP contribution in [0.25, 0.3) is 11.3 Å². The second kappa shape index (κ2) is 4.21. The summed E-state index contributed by atoms with van der Waals surface area (Å²) in [6, 6.07) is 8.12. The Labute approximate surface area is 98.7 Å². The number of anilines is 2. The first-order valence-electron chi connectivity index (χ1n) is 5.01. The van der Waals surface area contributed by atoms with E-state index < -0.39 is 0 Å². The van der Waals surface area contributed by atoms with Gasteiger partial charge in [-0.1, -0.05) is 0 Å². The molecule has 0 saturated heterocycles. The average Bonchev–Trinajstić information content (AvgIpc) is 2.34. The summed E-state index contributed by atoms with van der Waals surface area (Å²) in [6.07, 6.45) is 0. The Hall–Kier alpha value is -2.43. The number of ether oxygens (including phenoxy) is 1. The predicted molar refractivity (Wildman–Crippen MR) is 66.7 cm³/mol. The number of phenolic OH excluding ortho intramolecular Hbond substituents is 1. The van der Waals surface area contributed by atoms with Crippen LogP contribution in [0.2, 0.25) is 0 Å². The van der Waals surface area contributed by atoms with E-state index in [-0.39, 0.29) is 5.75 Å². The summed E-state index contributed by atoms with van der Waals surface area (Å²) in [5.74, 6) is 0.586. The van der Waals surface area contributed by atoms with E-state index in [0.717, 1.165) is 5.56 Å². The molecule has 5 nitrogen and oxygen atoms in total. The molecule has 0 aliphatic heterocycles. The van der Waals surface area contributed by atoms with Crippen LogP contribution < -0.4 is 16.2 Å². The number of aromatic nitrogens is 1. The topological polar surface area (TPSA) is 94.4 Å². The monoisotopic (exact) mass is 231 g/mol. The molecule has 0 amide bonds. The molecular formula is C12H13N3O2. The molecule has 17 heavy (non-hydrogen) atoms. The lowest BCUT2D eigenvalue weighted by Crippen LogP contribution is -2.01. The molecule has 2 rings (SSSR count). The Kier molecular flexibility index (Phi) is 2.74. The molecule has 1 aromatic carbocycles. The van der Waals surface area contributed by atoms with Gasteiger partial charge < -0.3 is 21.3 Å². The van der Waals surface area contributed by atoms with Crippen LogP contribution in [0.1, 0.15) is 0 Å². The van der Waals surface area contributed by atoms with Crippen molar-refractivity contribution < 1.29 is 9.84 Å². The van der Waals surface area contributed by atoms with Gasteiger partial charge in [-0.25, -0.2) is 4.98 Å². The number of nitrogens with two attached hydrogens (primary N) is 2. The van der Waals surface area contributed by atoms with Gasteiger partial charge in [0.1, 0.15) is 5.75 Å². The maximum Gasteiger partial charge on any atom is 0.215 e. The highest BCUT2D eigenvalue weighted by molar-refractivity contribution is 5.82. The normalized spacial score (nSPS) is 10.2. The zero-order valence-corrected chi connectivity index (χ0v) is 9.34. The number of benzene rings is 1. The Morgan fingerprint density at radius 3 is 2.41 bits per heavy atom. The molecule has 0 spiro atoms. The smallest absolute Gasteiger partial charge is 0.215 e. The third-order valence-corrected chi connectivity index (χ3v) is 2.42. The highest BCUT2D eigenvalue weighted by Gasteiger charge is 2.10. The summed E-state index contributed by atoms with van der Waals surface area (Å²) in [5, 5.41) is 9.23. The number of phenols is 1. The van der Waals surface area contributed by atoms with Crippen LogP contribution in [-0.4, -0.2) is 17.2 Å². The number of nitrogen functional groups attached to an aromatic ring is 2. The molecule has 1 aromatic heterocycles. The van der Waals surface area contributed by atoms with Crippen LogP contribution in [0.4, 0.5) is 11.4 Å². The number of aromatic hydroxyl groups is 1. The van der Waals surface area contributed by atoms with Gasteiger partial charge in [-0.15, -0.1) is 0 Å². The van der Waals surface area contributed by atoms with E-state index in [1.165, 1.54) is 7.11 Å². The first-order chi connectivity index (χ1) is 8.11. The molecule has 0 radical (unpaired) electrons. The van der Waals surface area contributed by atoms with Gasteiger partial charge in [-0.05, 0) is 24.3 Å². The van der Waals surface area contributed by atoms with Crippen molar-refractivity contribution in [3.05, 3.63) is 30.3 Å². The van der Waals surface area contributed by atoms with Crippen molar-refractivity contribution in [3.8, 4) is 22.9 Å². The number of methoxy groups -OCH3 is 1. The number of hydrogen-bond acceptors (Lipinski definition) is 5. The molecule has 0 atom stereocenters. The second-order valence-electron chi connectivity index (χ2n) is 3.56. The summed E-state index contributed by atoms with van der Waals surface area (Å²) < 4.78 is 5.04. The van der Waals surface area contributed by atoms with Crippen LogP contribution in [0.3, 0.4) is 0 Å². The van der Waals surface area contributed by atoms with Crippen molar-refractivity contribution in [2.24, 2.45) is 0 Å². The molecule has 0 bridgehead atoms. The summed E-state index contributed by atoms with van der Waals surface area (Å²) in [7, 11) is 1.51. The van der Waals surface area contributed by atoms with Crippen molar-refractivity contribution in [2.75, 3.05) is 18.6 Å². The van der Waals surface area contributed by atoms with Crippen molar-refractivity contribution in [1.29, 1.82) is 0 Å². The summed E-state index contributed by atoms with van der Waals surface area (Å²) in [4.78, 5) is 4.24. The lowest BCUT2D eigenvalue weighted by Gasteiger charge is -2.10. The van der Waals surface area contributed by atoms with Crippen LogP contribution in [0, 0.1) is 0 Å². The Bertz CT molecular complexity index is 538. The fourth-order valence-corrected chi connectivity index (χ4v) is 1.49. The highest BCUT2D eigenvalue weighted by Crippen LogP contribution is 2.31. The first kappa shape index (κ1) is 11.1. The molecule has 0 aliphatic rings. The predicted octanol–water partition coefficient (Wildman–Crippen LogP) is 1.63. The van der Waals surface area contributed by atoms with Crippen LogP contribution in [0.5, 0.6) is 11.6 Å². The molecule has 5 N–H and O–H groups in total. The number of rotatable bonds is 2. The lowest BCUT2D eigenvalue weighted by molar-refractivity contribution is 0.399. The van der Waals surface area contributed by atoms with E-state index in [0.29, 0.717) is 22.9 Å². The highest BCUT2D eigenvalue weighted by atomic mass is 16.5. The van der Waals surface area contributed by atoms with Gasteiger partial charge in [-0.2, -0.15) is 0 Å². The first-order valence-corrected chi connectivity index (χ1v) is 5.01. The maximum atomic E-state index is 9.23. The van der Waals surface area contributed by atoms with E-state index in [2.05, 4.69) is 4.98 Å². The summed E-state index contributed by atoms with van der Waals surface area (Å²) in [5.41, 5.74) is 13.8. The van der Waals surface area contributed by atoms with Crippen molar-refractivity contribution >= 4 is 11.4 Å². The maximum absolute atomic E-state index is 9.23. The van der Waals surface area contributed by atoms with E-state index in [1.54, 1.807) is 30.3 Å². The van der Waals surface area contributed by atoms with Crippen LogP contribution in [0.15, 0.2) is 30.3 Å². The second-order valence-corrected chi connectivity index (χ2v) is 3.56. The number of hydrogen-bond donors (Lipinski definition) is 3. The molecule has 88 valence electrons. The van der Waals surface area contributed by atoms with Gasteiger partial charge in [0.2, 0.25) is 5.88 Å². The minimum Gasteiger partial charge on any atom is -0.508 e. The third-order valence-electron chi connectivity index (χ3n) is 2.42. The number of pyridine rings is 1. The molecule has 0 aliphatic carbocycles. The van der Waals surface area contributed by atoms with Crippen molar-refractivity contribution in [2.45, 2.75) is 0 Å². The molecule has 0 saturated carbocycles. The van der Waals surface area contributed by atoms with E-state index in [9.17, 15) is 5.11 Å². The fourth-order valence-electron chi connectivity index (χ4n) is 1.49. The van der Waals surface area contributed by atoms with Gasteiger partial charge in [-0.3, -0.25) is 0 Å². The van der Waals surface area contributed by atoms with Crippen LogP contribution >= 0.6 is 0 Å². The third kappa shape index (κ3) is 2.08. The molecule has 1 heterocycles. The van der Waals surface area contributed by atoms with Gasteiger partial charge in [0, 0.05) is 11.6 Å². The Morgan fingerprint density at radius 2 is 1.82 bits per heavy atom. The van der Waals surface area contributed by atoms with E-state index >= 15 is 0 Å². The van der Waals surface area contributed by atoms with Gasteiger partial charge in [0.05, 0.1) is 24.2 Å². The van der Waals surface area contributed by atoms with E-state index in [1.807, 2.05) is 0 Å². The van der Waals surface area contributed by atoms with Crippen molar-refractivity contribution in [1.82, 2.24) is 4.98 Å². The van der Waals surface area contributed by atoms with Crippen molar-refractivity contribution in [3.63, 3.8) is 0 Å². The zero-order valence-electron chi connectivity index (χ0n) is 9.34. The van der Waals surface area contributed by atoms with Gasteiger partial charge in [0.25, 0.3) is 0 Å². The molecule has 0 unspecified atom stereocenters. The standard InChI is InChI=1S/C12H13N3O2/c1-17-10-6-9(13)11(14)12(15-10)7-2-4-8(16)5-3-7/h2-6,16H,14H2,1H3,(H2,13,15). The van der Waals surface area contributed by atoms with E-state index in [4.69, 9.17) is 16.2 Å². The average molecular weight is 231 g/mol. The molecule has 2 aromatic rings. The molecular weight excluding hydrogens is 218 g/mol. The summed E-state index contributed by atoms with van der Waals surface area (Å²) in [6.45, 7) is 0. The largest absolute Gasteiger partial charge is 0.508 e. The molecule has 5 heteroatoms. The van der Waals surface area contributed by atoms with Gasteiger partial charge in [0.15, 0.2) is 0 Å². The number of nitrogens with zero attached hydrogens (tertiary/aromatic N) is 1. The minimum absolute atomic E-state index is 0.184. The minimum atomic E-state index is 0.184. The SMILES string of the molecule is COc1cc(N)c(N)c(-c2ccc(O)cc2)n1. The Morgan fingerprint density at radius 1 is 1.18 bits per heavy atom.